The Morgan fingerprint density at radius 1 is 0.472 bits per heavy atom. The van der Waals surface area contributed by atoms with E-state index in [1.807, 2.05) is 78.9 Å². The third-order valence-corrected chi connectivity index (χ3v) is 13.9. The average Bonchev–Trinajstić information content (AvgIpc) is 4.17. The molecule has 8 aromatic rings. The molecule has 4 aromatic carbocycles. The Labute approximate surface area is 426 Å². The minimum Gasteiger partial charge on any atom is -0.395 e. The number of aromatic nitrogens is 8. The predicted molar refractivity (Wildman–Crippen MR) is 277 cm³/mol. The molecule has 0 aliphatic heterocycles. The van der Waals surface area contributed by atoms with Crippen LogP contribution in [0.5, 0.6) is 0 Å². The number of amides is 4. The predicted octanol–water partition coefficient (Wildman–Crippen LogP) is 7.58. The van der Waals surface area contributed by atoms with Gasteiger partial charge in [-0.15, -0.1) is 35.7 Å². The molecule has 0 spiro atoms. The Hall–Kier alpha value is -7.56. The third kappa shape index (κ3) is 15.0. The maximum absolute atomic E-state index is 13.0. The normalized spacial score (nSPS) is 11.9. The van der Waals surface area contributed by atoms with Crippen LogP contribution in [0.4, 0.5) is 21.2 Å². The van der Waals surface area contributed by atoms with Crippen molar-refractivity contribution in [3.8, 4) is 11.1 Å². The number of hydrogen-bond acceptors (Lipinski definition) is 17. The van der Waals surface area contributed by atoms with Gasteiger partial charge in [0, 0.05) is 19.3 Å². The van der Waals surface area contributed by atoms with Gasteiger partial charge in [0.05, 0.1) is 31.1 Å². The average molecular weight is 1020 g/mol. The third-order valence-electron chi connectivity index (χ3n) is 11.2. The summed E-state index contributed by atoms with van der Waals surface area (Å²) in [5.41, 5.74) is 5.57. The molecule has 2 atom stereocenters. The van der Waals surface area contributed by atoms with E-state index in [9.17, 15) is 29.4 Å². The van der Waals surface area contributed by atoms with Crippen LogP contribution in [0.25, 0.3) is 11.1 Å². The van der Waals surface area contributed by atoms with Crippen LogP contribution in [0.2, 0.25) is 0 Å². The first kappa shape index (κ1) is 50.8. The summed E-state index contributed by atoms with van der Waals surface area (Å²) in [5.74, 6) is -1.65. The fraction of sp³-hybridized carbons (Fsp3) is 0.255. The Balaban J connectivity index is 0.706. The van der Waals surface area contributed by atoms with Gasteiger partial charge in [-0.2, -0.15) is 5.10 Å². The van der Waals surface area contributed by atoms with E-state index in [1.54, 1.807) is 42.5 Å². The minimum atomic E-state index is -1.29. The number of aryl methyl sites for hydroxylation is 4. The van der Waals surface area contributed by atoms with Gasteiger partial charge in [0.25, 0.3) is 5.91 Å². The van der Waals surface area contributed by atoms with Gasteiger partial charge in [-0.25, -0.2) is 0 Å². The van der Waals surface area contributed by atoms with Crippen molar-refractivity contribution in [2.24, 2.45) is 0 Å². The molecule has 4 aromatic heterocycles. The fourth-order valence-electron chi connectivity index (χ4n) is 7.49. The molecule has 4 heterocycles. The van der Waals surface area contributed by atoms with Crippen molar-refractivity contribution in [3.63, 3.8) is 0 Å². The number of carbonyl (C=O) groups is 4. The lowest BCUT2D eigenvalue weighted by Crippen LogP contribution is -2.23. The summed E-state index contributed by atoms with van der Waals surface area (Å²) >= 11 is 3.93. The fourth-order valence-corrected chi connectivity index (χ4v) is 9.85. The van der Waals surface area contributed by atoms with E-state index < -0.39 is 17.9 Å². The molecule has 0 bridgehead atoms. The number of anilines is 4. The molecule has 21 heteroatoms. The molecule has 8 rings (SSSR count). The summed E-state index contributed by atoms with van der Waals surface area (Å²) in [6.45, 7) is -0.315. The van der Waals surface area contributed by atoms with Gasteiger partial charge in [-0.1, -0.05) is 143 Å². The van der Waals surface area contributed by atoms with Crippen LogP contribution in [-0.2, 0) is 57.7 Å². The number of aliphatic hydroxyl groups is 2. The molecule has 4 amide bonds. The van der Waals surface area contributed by atoms with Gasteiger partial charge in [0.1, 0.15) is 15.0 Å². The second kappa shape index (κ2) is 25.5. The summed E-state index contributed by atoms with van der Waals surface area (Å²) in [6.07, 6.45) is 5.04. The molecule has 0 saturated carbocycles. The highest BCUT2D eigenvalue weighted by Crippen LogP contribution is 2.26. The molecule has 72 heavy (non-hydrogen) atoms. The van der Waals surface area contributed by atoms with E-state index in [2.05, 4.69) is 62.1 Å². The van der Waals surface area contributed by atoms with Crippen LogP contribution < -0.4 is 21.3 Å². The lowest BCUT2D eigenvalue weighted by atomic mass is 9.99. The van der Waals surface area contributed by atoms with Crippen molar-refractivity contribution >= 4 is 78.9 Å². The lowest BCUT2D eigenvalue weighted by molar-refractivity contribution is -0.124. The summed E-state index contributed by atoms with van der Waals surface area (Å²) in [5, 5.41) is 68.1. The Bertz CT molecular complexity index is 3040. The number of aliphatic hydroxyl groups excluding tert-OH is 2. The zero-order valence-corrected chi connectivity index (χ0v) is 41.3. The number of rotatable bonds is 24. The number of carbonyl (C=O) groups excluding carboxylic acids is 4. The molecular weight excluding hydrogens is 973 g/mol. The number of benzene rings is 4. The number of unbranched alkanes of at least 4 members (excludes halogenated alkanes) is 2. The van der Waals surface area contributed by atoms with Crippen LogP contribution in [0, 0.1) is 0 Å². The largest absolute Gasteiger partial charge is 0.395 e. The number of nitrogens with one attached hydrogen (secondary N) is 4. The molecule has 18 nitrogen and oxygen atoms in total. The highest BCUT2D eigenvalue weighted by molar-refractivity contribution is 7.16. The molecule has 6 N–H and O–H groups in total. The monoisotopic (exact) mass is 1020 g/mol. The first-order valence-corrected chi connectivity index (χ1v) is 25.7. The highest BCUT2D eigenvalue weighted by Gasteiger charge is 2.22. The summed E-state index contributed by atoms with van der Waals surface area (Å²) in [4.78, 5) is 51.1. The minimum absolute atomic E-state index is 0.152. The van der Waals surface area contributed by atoms with E-state index in [0.29, 0.717) is 52.5 Å². The second-order valence-corrected chi connectivity index (χ2v) is 19.8. The Morgan fingerprint density at radius 3 is 1.60 bits per heavy atom. The van der Waals surface area contributed by atoms with Crippen molar-refractivity contribution in [2.75, 3.05) is 27.9 Å². The van der Waals surface area contributed by atoms with E-state index in [-0.39, 0.29) is 37.2 Å². The zero-order valence-electron chi connectivity index (χ0n) is 38.8. The van der Waals surface area contributed by atoms with Crippen LogP contribution in [-0.4, -0.2) is 81.2 Å². The van der Waals surface area contributed by atoms with Gasteiger partial charge in [-0.3, -0.25) is 29.8 Å². The lowest BCUT2D eigenvalue weighted by Gasteiger charge is -2.13. The molecule has 0 fully saturated rings. The molecule has 0 aliphatic carbocycles. The van der Waals surface area contributed by atoms with E-state index >= 15 is 0 Å². The molecule has 0 radical (unpaired) electrons. The maximum Gasteiger partial charge on any atom is 0.259 e. The van der Waals surface area contributed by atoms with Crippen LogP contribution in [0.1, 0.15) is 80.7 Å². The molecule has 0 aliphatic rings. The van der Waals surface area contributed by atoms with Gasteiger partial charge < -0.3 is 20.8 Å². The SMILES string of the molecule is O=C(Cc1ccc(-c2cccc(CC(=O)Nc3nnc(CCCCc4nnc(NC(=O)C(CO)c5ccccc5)s4)s3)c2)cc1)Nc1ccc(CCCCc2nnc(NC(=O)C(O)c3ccccc3)s2)nn1. The van der Waals surface area contributed by atoms with Crippen LogP contribution in [0.3, 0.4) is 0 Å². The van der Waals surface area contributed by atoms with Gasteiger partial charge in [-0.05, 0) is 77.6 Å². The number of hydrogen-bond donors (Lipinski definition) is 6. The standard InChI is InChI=1S/C51H50N12O6S3/c64-31-39(35-13-3-1-4-14-35)47(68)54-50-62-59-45(71-50)21-10-9-20-43-58-61-49(70-43)53-42(66)30-33-12-11-17-37(28-33)34-24-22-32(23-25-34)29-41(65)52-40-27-26-38(56-57-40)18-7-8-19-44-60-63-51(72-44)55-48(69)46(67)36-15-5-2-6-16-36/h1-6,11-17,22-28,39,46,64,67H,7-10,18-21,29-31H2,(H,52,57,65)(H,53,61,66)(H,54,62,68)(H,55,63,69). The highest BCUT2D eigenvalue weighted by atomic mass is 32.1. The van der Waals surface area contributed by atoms with Crippen molar-refractivity contribution < 1.29 is 29.4 Å². The number of nitrogens with zero attached hydrogens (tertiary/aromatic N) is 8. The molecule has 0 saturated heterocycles. The van der Waals surface area contributed by atoms with Crippen LogP contribution >= 0.6 is 34.0 Å². The van der Waals surface area contributed by atoms with E-state index in [1.165, 1.54) is 34.0 Å². The van der Waals surface area contributed by atoms with Crippen LogP contribution in [0.15, 0.2) is 121 Å². The Morgan fingerprint density at radius 2 is 1.01 bits per heavy atom. The van der Waals surface area contributed by atoms with E-state index in [0.717, 1.165) is 74.2 Å². The topological polar surface area (TPSA) is 260 Å². The molecule has 2 unspecified atom stereocenters. The quantitative estimate of drug-likeness (QED) is 0.0319. The van der Waals surface area contributed by atoms with E-state index in [4.69, 9.17) is 0 Å². The summed E-state index contributed by atoms with van der Waals surface area (Å²) in [6, 6.07) is 36.8. The van der Waals surface area contributed by atoms with Gasteiger partial charge in [0.2, 0.25) is 33.1 Å². The molecular formula is C51H50N12O6S3. The van der Waals surface area contributed by atoms with Crippen molar-refractivity contribution in [2.45, 2.75) is 76.2 Å². The van der Waals surface area contributed by atoms with Crippen molar-refractivity contribution in [3.05, 3.63) is 164 Å². The van der Waals surface area contributed by atoms with Gasteiger partial charge in [0.15, 0.2) is 11.9 Å². The second-order valence-electron chi connectivity index (χ2n) is 16.6. The maximum atomic E-state index is 13.0. The Kier molecular flexibility index (Phi) is 18.0. The summed E-state index contributed by atoms with van der Waals surface area (Å²) < 4.78 is 0. The summed E-state index contributed by atoms with van der Waals surface area (Å²) in [7, 11) is 0. The molecule has 368 valence electrons. The smallest absolute Gasteiger partial charge is 0.259 e. The first-order chi connectivity index (χ1) is 35.1. The van der Waals surface area contributed by atoms with Gasteiger partial charge >= 0.3 is 0 Å². The van der Waals surface area contributed by atoms with Crippen molar-refractivity contribution in [1.82, 2.24) is 40.8 Å². The zero-order chi connectivity index (χ0) is 50.1. The van der Waals surface area contributed by atoms with Crippen molar-refractivity contribution in [1.29, 1.82) is 0 Å². The first-order valence-electron chi connectivity index (χ1n) is 23.2.